The van der Waals surface area contributed by atoms with Gasteiger partial charge in [0.25, 0.3) is 0 Å². The maximum atomic E-state index is 10.6. The van der Waals surface area contributed by atoms with Gasteiger partial charge in [0, 0.05) is 6.54 Å². The number of anilines is 2. The Bertz CT molecular complexity index is 1310. The normalized spacial score (nSPS) is 22.4. The van der Waals surface area contributed by atoms with Gasteiger partial charge in [-0.3, -0.25) is 4.57 Å². The van der Waals surface area contributed by atoms with Crippen molar-refractivity contribution < 1.29 is 20.1 Å². The van der Waals surface area contributed by atoms with Crippen LogP contribution in [0.5, 0.6) is 0 Å². The number of hydrogen-bond donors (Lipinski definition) is 5. The molecule has 5 rings (SSSR count). The fourth-order valence-electron chi connectivity index (χ4n) is 4.27. The number of aliphatic hydroxyl groups excluding tert-OH is 3. The Balaban J connectivity index is 1.44. The summed E-state index contributed by atoms with van der Waals surface area (Å²) < 4.78 is 7.27. The highest BCUT2D eigenvalue weighted by Crippen LogP contribution is 2.35. The standard InChI is InChI=1S/C24H26N6O4/c1-13-4-2-3-5-16(13)15-8-6-14(7-9-15)10-26-24-29-18-21(25)27-12-28-22(18)30(24)23-20(33)19(32)17(11-31)34-23/h2-9,12,17,19-20,23,31-33H,10-11H2,1H3,(H,26,29)(H2,25,27,28)/t17-,19-,20-,23-/m1/s1. The first-order chi connectivity index (χ1) is 16.5. The molecule has 0 bridgehead atoms. The summed E-state index contributed by atoms with van der Waals surface area (Å²) in [6, 6.07) is 16.4. The number of nitrogen functional groups attached to an aromatic ring is 1. The van der Waals surface area contributed by atoms with Gasteiger partial charge in [0.05, 0.1) is 6.61 Å². The van der Waals surface area contributed by atoms with Gasteiger partial charge in [-0.15, -0.1) is 0 Å². The van der Waals surface area contributed by atoms with Crippen LogP contribution in [0.2, 0.25) is 0 Å². The van der Waals surface area contributed by atoms with E-state index in [-0.39, 0.29) is 5.82 Å². The Morgan fingerprint density at radius 3 is 2.53 bits per heavy atom. The maximum Gasteiger partial charge on any atom is 0.207 e. The van der Waals surface area contributed by atoms with E-state index in [0.29, 0.717) is 23.7 Å². The predicted molar refractivity (Wildman–Crippen MR) is 127 cm³/mol. The van der Waals surface area contributed by atoms with Gasteiger partial charge in [-0.2, -0.15) is 0 Å². The molecule has 0 spiro atoms. The molecule has 3 heterocycles. The Morgan fingerprint density at radius 1 is 1.06 bits per heavy atom. The third-order valence-corrected chi connectivity index (χ3v) is 6.14. The van der Waals surface area contributed by atoms with Crippen molar-refractivity contribution in [2.24, 2.45) is 0 Å². The molecule has 1 aliphatic heterocycles. The van der Waals surface area contributed by atoms with E-state index in [2.05, 4.69) is 51.5 Å². The zero-order valence-corrected chi connectivity index (χ0v) is 18.5. The summed E-state index contributed by atoms with van der Waals surface area (Å²) in [7, 11) is 0. The molecule has 176 valence electrons. The first kappa shape index (κ1) is 22.2. The molecule has 0 radical (unpaired) electrons. The van der Waals surface area contributed by atoms with Crippen molar-refractivity contribution in [1.82, 2.24) is 19.5 Å². The fraction of sp³-hybridized carbons (Fsp3) is 0.292. The van der Waals surface area contributed by atoms with Gasteiger partial charge < -0.3 is 31.1 Å². The van der Waals surface area contributed by atoms with Crippen LogP contribution >= 0.6 is 0 Å². The molecule has 10 heteroatoms. The quantitative estimate of drug-likeness (QED) is 0.288. The molecule has 0 saturated carbocycles. The molecule has 6 N–H and O–H groups in total. The van der Waals surface area contributed by atoms with Crippen molar-refractivity contribution in [3.05, 3.63) is 66.0 Å². The van der Waals surface area contributed by atoms with Crippen LogP contribution in [0.3, 0.4) is 0 Å². The smallest absolute Gasteiger partial charge is 0.207 e. The molecule has 0 amide bonds. The Morgan fingerprint density at radius 2 is 1.82 bits per heavy atom. The summed E-state index contributed by atoms with van der Waals surface area (Å²) in [5, 5.41) is 33.6. The molecular weight excluding hydrogens is 436 g/mol. The Hall–Kier alpha value is -3.57. The van der Waals surface area contributed by atoms with Crippen molar-refractivity contribution >= 4 is 22.9 Å². The summed E-state index contributed by atoms with van der Waals surface area (Å²) >= 11 is 0. The lowest BCUT2D eigenvalue weighted by atomic mass is 10.00. The van der Waals surface area contributed by atoms with Crippen LogP contribution in [0, 0.1) is 6.92 Å². The largest absolute Gasteiger partial charge is 0.394 e. The van der Waals surface area contributed by atoms with Crippen molar-refractivity contribution in [2.75, 3.05) is 17.7 Å². The van der Waals surface area contributed by atoms with Crippen LogP contribution in [-0.4, -0.2) is 59.8 Å². The van der Waals surface area contributed by atoms with Gasteiger partial charge in [0.2, 0.25) is 5.95 Å². The fourth-order valence-corrected chi connectivity index (χ4v) is 4.27. The van der Waals surface area contributed by atoms with Gasteiger partial charge in [0.15, 0.2) is 23.2 Å². The Kier molecular flexibility index (Phi) is 5.88. The monoisotopic (exact) mass is 462 g/mol. The van der Waals surface area contributed by atoms with E-state index < -0.39 is 31.1 Å². The second kappa shape index (κ2) is 8.99. The molecule has 2 aromatic carbocycles. The van der Waals surface area contributed by atoms with Crippen molar-refractivity contribution in [3.63, 3.8) is 0 Å². The summed E-state index contributed by atoms with van der Waals surface area (Å²) in [4.78, 5) is 12.8. The molecule has 2 aromatic heterocycles. The van der Waals surface area contributed by atoms with E-state index >= 15 is 0 Å². The minimum atomic E-state index is -1.29. The van der Waals surface area contributed by atoms with E-state index in [1.54, 1.807) is 4.57 Å². The predicted octanol–water partition coefficient (Wildman–Crippen LogP) is 1.61. The van der Waals surface area contributed by atoms with Crippen molar-refractivity contribution in [1.29, 1.82) is 0 Å². The van der Waals surface area contributed by atoms with Crippen molar-refractivity contribution in [3.8, 4) is 11.1 Å². The van der Waals surface area contributed by atoms with E-state index in [1.807, 2.05) is 24.3 Å². The number of hydrogen-bond acceptors (Lipinski definition) is 9. The van der Waals surface area contributed by atoms with Crippen LogP contribution in [0.15, 0.2) is 54.9 Å². The third-order valence-electron chi connectivity index (χ3n) is 6.14. The SMILES string of the molecule is Cc1ccccc1-c1ccc(CNc2nc3c(N)ncnc3n2[C@@H]2O[C@H](CO)[C@@H](O)[C@H]2O)cc1. The average Bonchev–Trinajstić information content (AvgIpc) is 3.36. The molecule has 1 saturated heterocycles. The number of imidazole rings is 1. The van der Waals surface area contributed by atoms with E-state index in [0.717, 1.165) is 11.1 Å². The number of aliphatic hydroxyl groups is 3. The number of benzene rings is 2. The summed E-state index contributed by atoms with van der Waals surface area (Å²) in [5.74, 6) is 0.529. The number of aryl methyl sites for hydroxylation is 1. The first-order valence-electron chi connectivity index (χ1n) is 11.0. The molecule has 10 nitrogen and oxygen atoms in total. The van der Waals surface area contributed by atoms with Crippen LogP contribution in [0.4, 0.5) is 11.8 Å². The number of rotatable bonds is 6. The van der Waals surface area contributed by atoms with Crippen LogP contribution in [0.1, 0.15) is 17.4 Å². The third kappa shape index (κ3) is 3.86. The van der Waals surface area contributed by atoms with E-state index in [9.17, 15) is 15.3 Å². The zero-order valence-electron chi connectivity index (χ0n) is 18.5. The number of nitrogens with one attached hydrogen (secondary N) is 1. The highest BCUT2D eigenvalue weighted by molar-refractivity contribution is 5.84. The first-order valence-corrected chi connectivity index (χ1v) is 11.0. The van der Waals surface area contributed by atoms with E-state index in [1.165, 1.54) is 17.5 Å². The summed E-state index contributed by atoms with van der Waals surface area (Å²) in [5.41, 5.74) is 11.2. The molecule has 4 atom stereocenters. The number of ether oxygens (including phenoxy) is 1. The number of fused-ring (bicyclic) bond motifs is 1. The number of aromatic nitrogens is 4. The molecular formula is C24H26N6O4. The van der Waals surface area contributed by atoms with Crippen LogP contribution < -0.4 is 11.1 Å². The lowest BCUT2D eigenvalue weighted by molar-refractivity contribution is -0.0501. The van der Waals surface area contributed by atoms with Gasteiger partial charge in [-0.05, 0) is 29.2 Å². The summed E-state index contributed by atoms with van der Waals surface area (Å²) in [6.07, 6.45) is -3.20. The molecule has 4 aromatic rings. The molecule has 34 heavy (non-hydrogen) atoms. The molecule has 1 aliphatic rings. The van der Waals surface area contributed by atoms with Crippen LogP contribution in [-0.2, 0) is 11.3 Å². The Labute approximate surface area is 195 Å². The van der Waals surface area contributed by atoms with Gasteiger partial charge in [0.1, 0.15) is 24.6 Å². The molecule has 1 fully saturated rings. The second-order valence-corrected chi connectivity index (χ2v) is 8.33. The zero-order chi connectivity index (χ0) is 23.8. The minimum Gasteiger partial charge on any atom is -0.394 e. The molecule has 0 aliphatic carbocycles. The highest BCUT2D eigenvalue weighted by Gasteiger charge is 2.45. The highest BCUT2D eigenvalue weighted by atomic mass is 16.6. The second-order valence-electron chi connectivity index (χ2n) is 8.33. The number of nitrogens with two attached hydrogens (primary N) is 1. The number of nitrogens with zero attached hydrogens (tertiary/aromatic N) is 4. The van der Waals surface area contributed by atoms with Gasteiger partial charge in [-0.1, -0.05) is 48.5 Å². The lowest BCUT2D eigenvalue weighted by Crippen LogP contribution is -2.33. The van der Waals surface area contributed by atoms with Gasteiger partial charge in [-0.25, -0.2) is 15.0 Å². The van der Waals surface area contributed by atoms with Crippen molar-refractivity contribution in [2.45, 2.75) is 38.0 Å². The molecule has 0 unspecified atom stereocenters. The minimum absolute atomic E-state index is 0.182. The average molecular weight is 463 g/mol. The topological polar surface area (TPSA) is 152 Å². The van der Waals surface area contributed by atoms with Crippen LogP contribution in [0.25, 0.3) is 22.3 Å². The van der Waals surface area contributed by atoms with Gasteiger partial charge >= 0.3 is 0 Å². The maximum absolute atomic E-state index is 10.6. The van der Waals surface area contributed by atoms with E-state index in [4.69, 9.17) is 10.5 Å². The summed E-state index contributed by atoms with van der Waals surface area (Å²) in [6.45, 7) is 2.08. The lowest BCUT2D eigenvalue weighted by Gasteiger charge is -2.19.